The van der Waals surface area contributed by atoms with E-state index in [1.165, 1.54) is 46.8 Å². The lowest BCUT2D eigenvalue weighted by Gasteiger charge is -2.31. The quantitative estimate of drug-likeness (QED) is 0.0683. The smallest absolute Gasteiger partial charge is 0.133 e. The monoisotopic (exact) mass is 1130 g/mol. The molecule has 0 atom stereocenters. The minimum Gasteiger partial charge on any atom is -0.310 e. The molecule has 0 heterocycles. The Balaban J connectivity index is 1.14. The van der Waals surface area contributed by atoms with Crippen LogP contribution in [-0.4, -0.2) is 16.1 Å². The highest BCUT2D eigenvalue weighted by Crippen LogP contribution is 2.50. The van der Waals surface area contributed by atoms with E-state index < -0.39 is 62.7 Å². The van der Waals surface area contributed by atoms with Gasteiger partial charge >= 0.3 is 0 Å². The van der Waals surface area contributed by atoms with Crippen LogP contribution in [0, 0.1) is 46.5 Å². The van der Waals surface area contributed by atoms with E-state index in [0.717, 1.165) is 80.8 Å². The maximum Gasteiger partial charge on any atom is 0.133 e. The summed E-state index contributed by atoms with van der Waals surface area (Å²) < 4.78 is 128. The molecule has 0 amide bonds. The van der Waals surface area contributed by atoms with Crippen molar-refractivity contribution in [3.63, 3.8) is 0 Å². The lowest BCUT2D eigenvalue weighted by Crippen LogP contribution is -2.37. The zero-order valence-corrected chi connectivity index (χ0v) is 47.5. The van der Waals surface area contributed by atoms with Gasteiger partial charge in [-0.15, -0.1) is 0 Å². The van der Waals surface area contributed by atoms with Crippen molar-refractivity contribution < 1.29 is 35.1 Å². The molecule has 0 radical (unpaired) electrons. The second kappa shape index (κ2) is 20.6. The van der Waals surface area contributed by atoms with Crippen molar-refractivity contribution in [3.8, 4) is 44.5 Å². The van der Waals surface area contributed by atoms with E-state index in [2.05, 4.69) is 63.5 Å². The van der Waals surface area contributed by atoms with Crippen molar-refractivity contribution in [1.82, 2.24) is 0 Å². The summed E-state index contributed by atoms with van der Waals surface area (Å²) in [6.45, 7) is 13.4. The first-order chi connectivity index (χ1) is 39.2. The highest BCUT2D eigenvalue weighted by Gasteiger charge is 2.28. The van der Waals surface area contributed by atoms with Crippen LogP contribution in [0.25, 0.3) is 76.8 Å². The Bertz CT molecular complexity index is 3970. The molecule has 2 nitrogen and oxygen atoms in total. The summed E-state index contributed by atoms with van der Waals surface area (Å²) in [5.41, 5.74) is 2.04. The van der Waals surface area contributed by atoms with Gasteiger partial charge in [-0.25, -0.2) is 35.1 Å². The van der Waals surface area contributed by atoms with Crippen LogP contribution in [0.2, 0.25) is 39.3 Å². The molecule has 0 unspecified atom stereocenters. The van der Waals surface area contributed by atoms with Crippen LogP contribution >= 0.6 is 0 Å². The van der Waals surface area contributed by atoms with Gasteiger partial charge in [0.25, 0.3) is 0 Å². The number of hydrogen-bond donors (Lipinski definition) is 0. The van der Waals surface area contributed by atoms with Gasteiger partial charge in [0.1, 0.15) is 46.5 Å². The Morgan fingerprint density at radius 2 is 0.524 bits per heavy atom. The van der Waals surface area contributed by atoms with Gasteiger partial charge in [0.05, 0.1) is 49.8 Å². The molecule has 82 heavy (non-hydrogen) atoms. The molecule has 0 saturated carbocycles. The third-order valence-electron chi connectivity index (χ3n) is 15.4. The summed E-state index contributed by atoms with van der Waals surface area (Å²) >= 11 is 0. The van der Waals surface area contributed by atoms with Gasteiger partial charge < -0.3 is 9.80 Å². The fraction of sp³-hybridized carbons (Fsp3) is 0.0857. The molecule has 0 aliphatic carbocycles. The van der Waals surface area contributed by atoms with Crippen LogP contribution in [0.4, 0.5) is 69.2 Å². The molecular weight excluding hydrogens is 1080 g/mol. The second-order valence-electron chi connectivity index (χ2n) is 22.8. The van der Waals surface area contributed by atoms with Crippen LogP contribution in [-0.2, 0) is 0 Å². The molecule has 0 saturated heterocycles. The Morgan fingerprint density at radius 1 is 0.268 bits per heavy atom. The topological polar surface area (TPSA) is 6.48 Å². The standard InChI is InChI=1S/C70H52F8N2Si2/c1-81(2,3)51-27-23-47(24-28-51)79(49-37-43(67-55(71)11-7-12-56(67)72)35-44(38-49)68-57(73)13-8-14-58(68)74)63-33-21-41-20-32-54-64(34-22-42-19-31-53(63)65(41)66(42)54)80(48-25-29-52(30-26-48)82(4,5)6)50-39-45(69-59(75)15-9-16-60(69)76)36-46(40-50)70-61(77)17-10-18-62(70)78/h7-40H,1-6H3. The Labute approximate surface area is 472 Å². The van der Waals surface area contributed by atoms with Gasteiger partial charge in [0.2, 0.25) is 0 Å². The van der Waals surface area contributed by atoms with Gasteiger partial charge in [0.15, 0.2) is 0 Å². The number of halogens is 8. The summed E-state index contributed by atoms with van der Waals surface area (Å²) in [5, 5.41) is 7.24. The molecule has 0 aliphatic heterocycles. The first-order valence-corrected chi connectivity index (χ1v) is 33.8. The van der Waals surface area contributed by atoms with Gasteiger partial charge in [-0.05, 0) is 165 Å². The van der Waals surface area contributed by atoms with Gasteiger partial charge in [-0.2, -0.15) is 0 Å². The van der Waals surface area contributed by atoms with E-state index >= 15 is 35.1 Å². The van der Waals surface area contributed by atoms with Gasteiger partial charge in [0, 0.05) is 33.5 Å². The first kappa shape index (κ1) is 53.8. The molecule has 0 bridgehead atoms. The zero-order chi connectivity index (χ0) is 57.5. The van der Waals surface area contributed by atoms with Crippen molar-refractivity contribution in [2.45, 2.75) is 39.3 Å². The molecule has 12 aromatic carbocycles. The molecule has 0 N–H and O–H groups in total. The van der Waals surface area contributed by atoms with Crippen molar-refractivity contribution in [2.24, 2.45) is 0 Å². The summed E-state index contributed by atoms with van der Waals surface area (Å²) in [5.74, 6) is -6.86. The van der Waals surface area contributed by atoms with E-state index in [-0.39, 0.29) is 44.5 Å². The van der Waals surface area contributed by atoms with Crippen molar-refractivity contribution >= 4 is 93.0 Å². The summed E-state index contributed by atoms with van der Waals surface area (Å²) in [7, 11) is -3.70. The van der Waals surface area contributed by atoms with Gasteiger partial charge in [-0.3, -0.25) is 0 Å². The molecule has 12 heteroatoms. The SMILES string of the molecule is C[Si](C)(C)c1ccc(N(c2cc(-c3c(F)cccc3F)cc(-c3c(F)cccc3F)c2)c2ccc3ccc4c(N(c5ccc([Si](C)(C)C)cc5)c5cc(-c6c(F)cccc6F)cc(-c6c(F)cccc6F)c5)ccc5ccc2c3c54)cc1. The molecule has 0 aromatic heterocycles. The molecule has 12 rings (SSSR count). The van der Waals surface area contributed by atoms with E-state index in [4.69, 9.17) is 0 Å². The summed E-state index contributed by atoms with van der Waals surface area (Å²) in [6.07, 6.45) is 0. The zero-order valence-electron chi connectivity index (χ0n) is 45.5. The predicted octanol–water partition coefficient (Wildman–Crippen LogP) is 20.4. The fourth-order valence-electron chi connectivity index (χ4n) is 11.4. The Hall–Kier alpha value is -8.85. The number of benzene rings is 12. The molecule has 0 aliphatic rings. The van der Waals surface area contributed by atoms with Crippen LogP contribution in [0.5, 0.6) is 0 Å². The third kappa shape index (κ3) is 9.58. The third-order valence-corrected chi connectivity index (χ3v) is 19.6. The molecule has 0 spiro atoms. The fourth-order valence-corrected chi connectivity index (χ4v) is 13.7. The molecule has 0 fully saturated rings. The Kier molecular flexibility index (Phi) is 13.5. The molecule has 12 aromatic rings. The van der Waals surface area contributed by atoms with E-state index in [1.807, 2.05) is 82.6 Å². The average Bonchev–Trinajstić information content (AvgIpc) is 1.17. The highest BCUT2D eigenvalue weighted by atomic mass is 28.3. The molecular formula is C70H52F8N2Si2. The van der Waals surface area contributed by atoms with Crippen LogP contribution in [0.3, 0.4) is 0 Å². The summed E-state index contributed by atoms with van der Waals surface area (Å²) in [4.78, 5) is 3.88. The van der Waals surface area contributed by atoms with Crippen molar-refractivity contribution in [2.75, 3.05) is 9.80 Å². The van der Waals surface area contributed by atoms with E-state index in [0.29, 0.717) is 34.1 Å². The minimum atomic E-state index is -1.85. The number of nitrogens with zero attached hydrogens (tertiary/aromatic N) is 2. The largest absolute Gasteiger partial charge is 0.310 e. The summed E-state index contributed by atoms with van der Waals surface area (Å²) in [6, 6.07) is 55.6. The molecule has 406 valence electrons. The second-order valence-corrected chi connectivity index (χ2v) is 32.9. The number of hydrogen-bond acceptors (Lipinski definition) is 2. The van der Waals surface area contributed by atoms with E-state index in [9.17, 15) is 0 Å². The lowest BCUT2D eigenvalue weighted by atomic mass is 9.91. The van der Waals surface area contributed by atoms with Crippen molar-refractivity contribution in [1.29, 1.82) is 0 Å². The maximum atomic E-state index is 16.0. The highest BCUT2D eigenvalue weighted by molar-refractivity contribution is 6.89. The number of anilines is 6. The van der Waals surface area contributed by atoms with Crippen LogP contribution < -0.4 is 20.2 Å². The minimum absolute atomic E-state index is 0.0532. The maximum absolute atomic E-state index is 16.0. The van der Waals surface area contributed by atoms with Crippen LogP contribution in [0.1, 0.15) is 0 Å². The normalized spacial score (nSPS) is 12.0. The lowest BCUT2D eigenvalue weighted by molar-refractivity contribution is 0.588. The Morgan fingerprint density at radius 3 is 0.780 bits per heavy atom. The van der Waals surface area contributed by atoms with Gasteiger partial charge in [-0.1, -0.05) is 135 Å². The van der Waals surface area contributed by atoms with E-state index in [1.54, 1.807) is 24.3 Å². The van der Waals surface area contributed by atoms with Crippen molar-refractivity contribution in [3.05, 3.63) is 253 Å². The number of rotatable bonds is 12. The van der Waals surface area contributed by atoms with Crippen LogP contribution in [0.15, 0.2) is 206 Å². The average molecular weight is 1130 g/mol. The first-order valence-electron chi connectivity index (χ1n) is 26.8. The predicted molar refractivity (Wildman–Crippen MR) is 327 cm³/mol.